The molecule has 0 rings (SSSR count). The molecule has 15 heavy (non-hydrogen) atoms. The molecule has 3 N–H and O–H groups in total. The van der Waals surface area contributed by atoms with Crippen molar-refractivity contribution < 1.29 is 9.53 Å². The van der Waals surface area contributed by atoms with Crippen molar-refractivity contribution in [2.45, 2.75) is 26.7 Å². The number of carbonyl (C=O) groups is 1. The topological polar surface area (TPSA) is 64.4 Å². The Kier molecular flexibility index (Phi) is 8.33. The van der Waals surface area contributed by atoms with Crippen molar-refractivity contribution in [2.75, 3.05) is 26.8 Å². The molecule has 0 aromatic carbocycles. The van der Waals surface area contributed by atoms with Crippen LogP contribution in [0.2, 0.25) is 0 Å². The molecule has 4 nitrogen and oxygen atoms in total. The van der Waals surface area contributed by atoms with Gasteiger partial charge in [0.05, 0.1) is 12.5 Å². The van der Waals surface area contributed by atoms with E-state index in [4.69, 9.17) is 10.5 Å². The lowest BCUT2D eigenvalue weighted by molar-refractivity contribution is -0.125. The van der Waals surface area contributed by atoms with Crippen molar-refractivity contribution in [3.8, 4) is 0 Å². The fourth-order valence-corrected chi connectivity index (χ4v) is 1.47. The Labute approximate surface area is 92.6 Å². The standard InChI is InChI=1S/C11H24N2O2/c1-4-5-10(6-12)11(14)13-7-9(2)8-15-3/h9-10H,4-8,12H2,1-3H3,(H,13,14). The van der Waals surface area contributed by atoms with Crippen LogP contribution in [0.5, 0.6) is 0 Å². The normalized spacial score (nSPS) is 14.7. The maximum atomic E-state index is 11.6. The van der Waals surface area contributed by atoms with Crippen LogP contribution in [0.1, 0.15) is 26.7 Å². The van der Waals surface area contributed by atoms with Gasteiger partial charge >= 0.3 is 0 Å². The summed E-state index contributed by atoms with van der Waals surface area (Å²) in [5.41, 5.74) is 5.54. The third-order valence-corrected chi connectivity index (χ3v) is 2.37. The fourth-order valence-electron chi connectivity index (χ4n) is 1.47. The maximum Gasteiger partial charge on any atom is 0.224 e. The Hall–Kier alpha value is -0.610. The smallest absolute Gasteiger partial charge is 0.224 e. The van der Waals surface area contributed by atoms with Gasteiger partial charge in [-0.1, -0.05) is 20.3 Å². The minimum absolute atomic E-state index is 0.0373. The number of methoxy groups -OCH3 is 1. The monoisotopic (exact) mass is 216 g/mol. The third-order valence-electron chi connectivity index (χ3n) is 2.37. The van der Waals surface area contributed by atoms with Crippen LogP contribution in [0.15, 0.2) is 0 Å². The molecule has 1 amide bonds. The van der Waals surface area contributed by atoms with E-state index in [1.165, 1.54) is 0 Å². The second kappa shape index (κ2) is 8.68. The van der Waals surface area contributed by atoms with Crippen molar-refractivity contribution in [3.05, 3.63) is 0 Å². The van der Waals surface area contributed by atoms with Crippen molar-refractivity contribution in [3.63, 3.8) is 0 Å². The molecular weight excluding hydrogens is 192 g/mol. The molecule has 2 atom stereocenters. The first kappa shape index (κ1) is 14.4. The zero-order valence-electron chi connectivity index (χ0n) is 10.1. The van der Waals surface area contributed by atoms with Crippen LogP contribution in [0.25, 0.3) is 0 Å². The number of amides is 1. The summed E-state index contributed by atoms with van der Waals surface area (Å²) in [5.74, 6) is 0.381. The maximum absolute atomic E-state index is 11.6. The number of hydrogen-bond acceptors (Lipinski definition) is 3. The van der Waals surface area contributed by atoms with Gasteiger partial charge in [-0.15, -0.1) is 0 Å². The highest BCUT2D eigenvalue weighted by molar-refractivity contribution is 5.78. The second-order valence-corrected chi connectivity index (χ2v) is 4.03. The summed E-state index contributed by atoms with van der Waals surface area (Å²) in [4.78, 5) is 11.6. The van der Waals surface area contributed by atoms with Crippen LogP contribution in [0.3, 0.4) is 0 Å². The number of nitrogens with one attached hydrogen (secondary N) is 1. The predicted molar refractivity (Wildman–Crippen MR) is 61.5 cm³/mol. The van der Waals surface area contributed by atoms with E-state index >= 15 is 0 Å². The molecule has 0 saturated carbocycles. The van der Waals surface area contributed by atoms with Crippen molar-refractivity contribution >= 4 is 5.91 Å². The van der Waals surface area contributed by atoms with Gasteiger partial charge in [-0.25, -0.2) is 0 Å². The first-order chi connectivity index (χ1) is 7.15. The summed E-state index contributed by atoms with van der Waals surface area (Å²) >= 11 is 0. The van der Waals surface area contributed by atoms with Crippen LogP contribution < -0.4 is 11.1 Å². The van der Waals surface area contributed by atoms with E-state index in [9.17, 15) is 4.79 Å². The molecule has 0 fully saturated rings. The molecular formula is C11H24N2O2. The lowest BCUT2D eigenvalue weighted by atomic mass is 10.0. The van der Waals surface area contributed by atoms with Gasteiger partial charge in [-0.3, -0.25) is 4.79 Å². The fraction of sp³-hybridized carbons (Fsp3) is 0.909. The largest absolute Gasteiger partial charge is 0.384 e. The average molecular weight is 216 g/mol. The number of nitrogens with two attached hydrogens (primary N) is 1. The highest BCUT2D eigenvalue weighted by Crippen LogP contribution is 2.04. The Balaban J connectivity index is 3.79. The van der Waals surface area contributed by atoms with E-state index in [2.05, 4.69) is 12.2 Å². The highest BCUT2D eigenvalue weighted by atomic mass is 16.5. The van der Waals surface area contributed by atoms with E-state index in [1.807, 2.05) is 6.92 Å². The predicted octanol–water partition coefficient (Wildman–Crippen LogP) is 0.760. The number of hydrogen-bond donors (Lipinski definition) is 2. The molecule has 0 heterocycles. The number of carbonyl (C=O) groups excluding carboxylic acids is 1. The quantitative estimate of drug-likeness (QED) is 0.629. The molecule has 0 aromatic heterocycles. The zero-order valence-corrected chi connectivity index (χ0v) is 10.1. The molecule has 4 heteroatoms. The summed E-state index contributed by atoms with van der Waals surface area (Å²) in [5, 5.41) is 2.90. The van der Waals surface area contributed by atoms with Crippen LogP contribution >= 0.6 is 0 Å². The van der Waals surface area contributed by atoms with Crippen LogP contribution in [0, 0.1) is 11.8 Å². The van der Waals surface area contributed by atoms with E-state index < -0.39 is 0 Å². The third kappa shape index (κ3) is 6.47. The van der Waals surface area contributed by atoms with E-state index in [1.54, 1.807) is 7.11 Å². The van der Waals surface area contributed by atoms with Crippen molar-refractivity contribution in [1.82, 2.24) is 5.32 Å². The SMILES string of the molecule is CCCC(CN)C(=O)NCC(C)COC. The van der Waals surface area contributed by atoms with Gasteiger partial charge in [0, 0.05) is 20.2 Å². The molecule has 0 aliphatic rings. The summed E-state index contributed by atoms with van der Waals surface area (Å²) in [6.07, 6.45) is 1.85. The highest BCUT2D eigenvalue weighted by Gasteiger charge is 2.15. The molecule has 0 aliphatic heterocycles. The first-order valence-electron chi connectivity index (χ1n) is 5.62. The van der Waals surface area contributed by atoms with E-state index in [0.29, 0.717) is 25.6 Å². The Morgan fingerprint density at radius 3 is 2.67 bits per heavy atom. The van der Waals surface area contributed by atoms with Gasteiger partial charge in [0.25, 0.3) is 0 Å². The van der Waals surface area contributed by atoms with E-state index in [0.717, 1.165) is 12.8 Å². The van der Waals surface area contributed by atoms with Gasteiger partial charge in [0.1, 0.15) is 0 Å². The van der Waals surface area contributed by atoms with Gasteiger partial charge in [-0.05, 0) is 12.3 Å². The number of rotatable bonds is 8. The van der Waals surface area contributed by atoms with Gasteiger partial charge in [0.15, 0.2) is 0 Å². The summed E-state index contributed by atoms with van der Waals surface area (Å²) in [7, 11) is 1.66. The van der Waals surface area contributed by atoms with Gasteiger partial charge in [0.2, 0.25) is 5.91 Å². The lowest BCUT2D eigenvalue weighted by Gasteiger charge is -2.16. The minimum atomic E-state index is -0.0373. The van der Waals surface area contributed by atoms with Crippen molar-refractivity contribution in [2.24, 2.45) is 17.6 Å². The summed E-state index contributed by atoms with van der Waals surface area (Å²) < 4.78 is 4.99. The Morgan fingerprint density at radius 2 is 2.20 bits per heavy atom. The summed E-state index contributed by atoms with van der Waals surface area (Å²) in [6.45, 7) is 5.86. The summed E-state index contributed by atoms with van der Waals surface area (Å²) in [6, 6.07) is 0. The Morgan fingerprint density at radius 1 is 1.53 bits per heavy atom. The average Bonchev–Trinajstić information content (AvgIpc) is 2.23. The molecule has 0 aliphatic carbocycles. The van der Waals surface area contributed by atoms with Crippen LogP contribution in [-0.2, 0) is 9.53 Å². The molecule has 0 spiro atoms. The second-order valence-electron chi connectivity index (χ2n) is 4.03. The molecule has 0 aromatic rings. The van der Waals surface area contributed by atoms with Crippen LogP contribution in [0.4, 0.5) is 0 Å². The molecule has 0 saturated heterocycles. The zero-order chi connectivity index (χ0) is 11.7. The molecule has 0 radical (unpaired) electrons. The van der Waals surface area contributed by atoms with E-state index in [-0.39, 0.29) is 11.8 Å². The Bertz CT molecular complexity index is 174. The minimum Gasteiger partial charge on any atom is -0.384 e. The van der Waals surface area contributed by atoms with Crippen molar-refractivity contribution in [1.29, 1.82) is 0 Å². The van der Waals surface area contributed by atoms with Gasteiger partial charge in [-0.2, -0.15) is 0 Å². The number of ether oxygens (including phenoxy) is 1. The molecule has 2 unspecified atom stereocenters. The lowest BCUT2D eigenvalue weighted by Crippen LogP contribution is -2.37. The molecule has 0 bridgehead atoms. The molecule has 90 valence electrons. The van der Waals surface area contributed by atoms with Crippen LogP contribution in [-0.4, -0.2) is 32.7 Å². The van der Waals surface area contributed by atoms with Gasteiger partial charge < -0.3 is 15.8 Å². The first-order valence-corrected chi connectivity index (χ1v) is 5.62.